The van der Waals surface area contributed by atoms with Crippen molar-refractivity contribution in [3.8, 4) is 0 Å². The lowest BCUT2D eigenvalue weighted by molar-refractivity contribution is -0.126. The van der Waals surface area contributed by atoms with Crippen molar-refractivity contribution in [2.24, 2.45) is 4.40 Å². The zero-order chi connectivity index (χ0) is 22.0. The van der Waals surface area contributed by atoms with Crippen molar-refractivity contribution in [3.63, 3.8) is 0 Å². The number of hydrogen-bond acceptors (Lipinski definition) is 8. The van der Waals surface area contributed by atoms with E-state index in [9.17, 15) is 18.0 Å². The Morgan fingerprint density at radius 3 is 2.58 bits per heavy atom. The smallest absolute Gasteiger partial charge is 0.339 e. The molecule has 1 aromatic rings. The number of piperazine rings is 1. The SMILES string of the molecule is CCOC(=O)c1ccc(N2CCN(C(=O)C3=CC=CN4CCS(=O)(=O)N=C34)CC2)nc1. The zero-order valence-electron chi connectivity index (χ0n) is 17.1. The fourth-order valence-electron chi connectivity index (χ4n) is 3.60. The van der Waals surface area contributed by atoms with Crippen LogP contribution in [0.3, 0.4) is 0 Å². The molecular weight excluding hydrogens is 422 g/mol. The van der Waals surface area contributed by atoms with E-state index in [0.29, 0.717) is 44.2 Å². The lowest BCUT2D eigenvalue weighted by Crippen LogP contribution is -2.51. The van der Waals surface area contributed by atoms with E-state index in [1.54, 1.807) is 47.2 Å². The van der Waals surface area contributed by atoms with E-state index in [1.807, 2.05) is 4.90 Å². The molecule has 0 N–H and O–H groups in total. The quantitative estimate of drug-likeness (QED) is 0.613. The summed E-state index contributed by atoms with van der Waals surface area (Å²) in [5, 5.41) is 0. The van der Waals surface area contributed by atoms with Crippen molar-refractivity contribution in [1.29, 1.82) is 0 Å². The van der Waals surface area contributed by atoms with E-state index in [1.165, 1.54) is 6.20 Å². The van der Waals surface area contributed by atoms with Crippen LogP contribution in [0.1, 0.15) is 17.3 Å². The lowest BCUT2D eigenvalue weighted by atomic mass is 10.1. The summed E-state index contributed by atoms with van der Waals surface area (Å²) in [6, 6.07) is 3.44. The monoisotopic (exact) mass is 445 g/mol. The first-order valence-electron chi connectivity index (χ1n) is 10.0. The van der Waals surface area contributed by atoms with Crippen LogP contribution in [-0.4, -0.2) is 86.0 Å². The van der Waals surface area contributed by atoms with Gasteiger partial charge in [0, 0.05) is 45.1 Å². The summed E-state index contributed by atoms with van der Waals surface area (Å²) >= 11 is 0. The lowest BCUT2D eigenvalue weighted by Gasteiger charge is -2.37. The Labute approximate surface area is 180 Å². The maximum Gasteiger partial charge on any atom is 0.339 e. The van der Waals surface area contributed by atoms with Crippen molar-refractivity contribution in [1.82, 2.24) is 14.8 Å². The molecule has 10 nitrogen and oxygen atoms in total. The molecule has 0 saturated carbocycles. The second-order valence-electron chi connectivity index (χ2n) is 7.22. The Kier molecular flexibility index (Phi) is 5.77. The minimum Gasteiger partial charge on any atom is -0.462 e. The summed E-state index contributed by atoms with van der Waals surface area (Å²) in [6.45, 7) is 4.38. The maximum absolute atomic E-state index is 13.1. The number of fused-ring (bicyclic) bond motifs is 1. The van der Waals surface area contributed by atoms with Crippen LogP contribution in [0, 0.1) is 0 Å². The molecule has 1 saturated heterocycles. The van der Waals surface area contributed by atoms with Gasteiger partial charge in [-0.2, -0.15) is 0 Å². The molecule has 164 valence electrons. The Morgan fingerprint density at radius 1 is 1.13 bits per heavy atom. The molecule has 31 heavy (non-hydrogen) atoms. The van der Waals surface area contributed by atoms with Gasteiger partial charge in [-0.3, -0.25) is 4.79 Å². The fraction of sp³-hybridized carbons (Fsp3) is 0.400. The van der Waals surface area contributed by atoms with Crippen molar-refractivity contribution in [2.45, 2.75) is 6.92 Å². The normalized spacial score (nSPS) is 20.0. The summed E-state index contributed by atoms with van der Waals surface area (Å²) in [7, 11) is -3.56. The second kappa shape index (κ2) is 8.50. The van der Waals surface area contributed by atoms with Gasteiger partial charge in [-0.05, 0) is 31.2 Å². The van der Waals surface area contributed by atoms with Gasteiger partial charge in [0.1, 0.15) is 5.82 Å². The molecule has 0 spiro atoms. The molecule has 1 fully saturated rings. The molecule has 0 aromatic carbocycles. The molecule has 0 atom stereocenters. The summed E-state index contributed by atoms with van der Waals surface area (Å²) in [5.41, 5.74) is 0.681. The highest BCUT2D eigenvalue weighted by Crippen LogP contribution is 2.21. The zero-order valence-corrected chi connectivity index (χ0v) is 17.9. The number of sulfonamides is 1. The molecular formula is C20H23N5O5S. The highest BCUT2D eigenvalue weighted by Gasteiger charge is 2.33. The van der Waals surface area contributed by atoms with E-state index >= 15 is 0 Å². The van der Waals surface area contributed by atoms with Gasteiger partial charge in [-0.1, -0.05) is 0 Å². The average Bonchev–Trinajstić information content (AvgIpc) is 2.78. The molecule has 11 heteroatoms. The molecule has 0 aliphatic carbocycles. The number of ether oxygens (including phenoxy) is 1. The van der Waals surface area contributed by atoms with Gasteiger partial charge in [0.05, 0.1) is 23.5 Å². The third kappa shape index (κ3) is 4.46. The largest absolute Gasteiger partial charge is 0.462 e. The maximum atomic E-state index is 13.1. The van der Waals surface area contributed by atoms with E-state index in [-0.39, 0.29) is 29.6 Å². The third-order valence-electron chi connectivity index (χ3n) is 5.24. The number of hydrogen-bond donors (Lipinski definition) is 0. The molecule has 3 aliphatic rings. The Hall–Kier alpha value is -3.21. The first kappa shape index (κ1) is 21.0. The summed E-state index contributed by atoms with van der Waals surface area (Å²) < 4.78 is 32.6. The minimum absolute atomic E-state index is 0.0665. The predicted octanol–water partition coefficient (Wildman–Crippen LogP) is 0.405. The van der Waals surface area contributed by atoms with Gasteiger partial charge in [-0.25, -0.2) is 18.2 Å². The number of amidine groups is 1. The van der Waals surface area contributed by atoms with Gasteiger partial charge < -0.3 is 19.4 Å². The molecule has 1 aromatic heterocycles. The van der Waals surface area contributed by atoms with Crippen LogP contribution in [-0.2, 0) is 19.6 Å². The van der Waals surface area contributed by atoms with E-state index in [0.717, 1.165) is 0 Å². The van der Waals surface area contributed by atoms with Crippen LogP contribution < -0.4 is 4.90 Å². The molecule has 0 bridgehead atoms. The number of carbonyl (C=O) groups is 2. The van der Waals surface area contributed by atoms with E-state index in [2.05, 4.69) is 9.38 Å². The van der Waals surface area contributed by atoms with Crippen LogP contribution in [0.15, 0.2) is 46.7 Å². The van der Waals surface area contributed by atoms with Crippen LogP contribution >= 0.6 is 0 Å². The standard InChI is InChI=1S/C20H23N5O5S/c1-2-30-20(27)15-5-6-17(21-14-15)23-8-10-25(11-9-23)19(26)16-4-3-7-24-12-13-31(28,29)22-18(16)24/h3-7,14H,2,8-13H2,1H3. The Morgan fingerprint density at radius 2 is 1.90 bits per heavy atom. The van der Waals surface area contributed by atoms with Gasteiger partial charge in [0.2, 0.25) is 0 Å². The molecule has 0 radical (unpaired) electrons. The van der Waals surface area contributed by atoms with Gasteiger partial charge >= 0.3 is 5.97 Å². The predicted molar refractivity (Wildman–Crippen MR) is 114 cm³/mol. The van der Waals surface area contributed by atoms with Crippen LogP contribution in [0.4, 0.5) is 5.82 Å². The highest BCUT2D eigenvalue weighted by atomic mass is 32.2. The number of rotatable bonds is 4. The van der Waals surface area contributed by atoms with Crippen molar-refractivity contribution < 1.29 is 22.7 Å². The first-order valence-corrected chi connectivity index (χ1v) is 11.6. The number of carbonyl (C=O) groups excluding carboxylic acids is 2. The van der Waals surface area contributed by atoms with Crippen molar-refractivity contribution >= 4 is 33.6 Å². The summed E-state index contributed by atoms with van der Waals surface area (Å²) in [6.07, 6.45) is 6.56. The number of esters is 1. The van der Waals surface area contributed by atoms with Crippen molar-refractivity contribution in [2.75, 3.05) is 50.0 Å². The van der Waals surface area contributed by atoms with E-state index < -0.39 is 16.0 Å². The van der Waals surface area contributed by atoms with Crippen LogP contribution in [0.5, 0.6) is 0 Å². The minimum atomic E-state index is -3.56. The molecule has 4 heterocycles. The summed E-state index contributed by atoms with van der Waals surface area (Å²) in [5.74, 6) is 0.193. The Balaban J connectivity index is 1.41. The van der Waals surface area contributed by atoms with Gasteiger partial charge in [-0.15, -0.1) is 4.40 Å². The summed E-state index contributed by atoms with van der Waals surface area (Å²) in [4.78, 5) is 34.6. The number of nitrogens with zero attached hydrogens (tertiary/aromatic N) is 5. The third-order valence-corrected chi connectivity index (χ3v) is 6.39. The topological polar surface area (TPSA) is 112 Å². The number of aromatic nitrogens is 1. The molecule has 0 unspecified atom stereocenters. The number of anilines is 1. The van der Waals surface area contributed by atoms with Gasteiger partial charge in [0.15, 0.2) is 5.84 Å². The van der Waals surface area contributed by atoms with Crippen LogP contribution in [0.2, 0.25) is 0 Å². The average molecular weight is 446 g/mol. The molecule has 4 rings (SSSR count). The Bertz CT molecular complexity index is 1070. The van der Waals surface area contributed by atoms with Crippen LogP contribution in [0.25, 0.3) is 0 Å². The number of pyridine rings is 1. The highest BCUT2D eigenvalue weighted by molar-refractivity contribution is 7.90. The number of allylic oxidation sites excluding steroid dienone is 2. The molecule has 1 amide bonds. The fourth-order valence-corrected chi connectivity index (χ4v) is 4.59. The second-order valence-corrected chi connectivity index (χ2v) is 8.98. The first-order chi connectivity index (χ1) is 14.9. The number of amides is 1. The van der Waals surface area contributed by atoms with E-state index in [4.69, 9.17) is 4.74 Å². The van der Waals surface area contributed by atoms with Gasteiger partial charge in [0.25, 0.3) is 15.9 Å². The molecule has 3 aliphatic heterocycles. The van der Waals surface area contributed by atoms with Crippen molar-refractivity contribution in [3.05, 3.63) is 47.8 Å².